The highest BCUT2D eigenvalue weighted by atomic mass is 16.5. The number of nitrogens with one attached hydrogen (secondary N) is 1. The Balaban J connectivity index is 1.73. The summed E-state index contributed by atoms with van der Waals surface area (Å²) in [6.07, 6.45) is 2.42. The standard InChI is InChI=1S/C25H30N4O4/c1-5-23(31)33-14-8-13-26-22(30)12-11-17-15-18(25(2,3)4)24(32)21(16-17)29-27-19-9-6-7-10-20(19)28-29/h5-7,9-10,15-16,32H,1,8,11-14H2,2-4H3,(H,26,30). The molecule has 3 rings (SSSR count). The van der Waals surface area contributed by atoms with Crippen molar-refractivity contribution in [2.75, 3.05) is 13.2 Å². The number of ether oxygens (including phenoxy) is 1. The van der Waals surface area contributed by atoms with E-state index in [1.807, 2.05) is 57.2 Å². The van der Waals surface area contributed by atoms with Gasteiger partial charge in [0, 0.05) is 24.6 Å². The zero-order valence-corrected chi connectivity index (χ0v) is 19.3. The lowest BCUT2D eigenvalue weighted by atomic mass is 9.84. The number of amides is 1. The van der Waals surface area contributed by atoms with Crippen LogP contribution >= 0.6 is 0 Å². The van der Waals surface area contributed by atoms with Gasteiger partial charge in [-0.15, -0.1) is 15.0 Å². The van der Waals surface area contributed by atoms with Crippen molar-refractivity contribution in [1.82, 2.24) is 20.3 Å². The van der Waals surface area contributed by atoms with Crippen molar-refractivity contribution in [3.63, 3.8) is 0 Å². The van der Waals surface area contributed by atoms with Gasteiger partial charge in [-0.25, -0.2) is 4.79 Å². The van der Waals surface area contributed by atoms with Gasteiger partial charge in [-0.05, 0) is 42.0 Å². The van der Waals surface area contributed by atoms with Crippen LogP contribution in [0.1, 0.15) is 44.7 Å². The van der Waals surface area contributed by atoms with Crippen molar-refractivity contribution >= 4 is 22.9 Å². The second-order valence-corrected chi connectivity index (χ2v) is 8.81. The summed E-state index contributed by atoms with van der Waals surface area (Å²) in [6, 6.07) is 11.3. The van der Waals surface area contributed by atoms with Crippen LogP contribution in [0.15, 0.2) is 49.1 Å². The molecule has 1 heterocycles. The maximum Gasteiger partial charge on any atom is 0.330 e. The Morgan fingerprint density at radius 3 is 2.45 bits per heavy atom. The van der Waals surface area contributed by atoms with Crippen molar-refractivity contribution in [3.8, 4) is 11.4 Å². The quantitative estimate of drug-likeness (QED) is 0.293. The molecular formula is C25H30N4O4. The fourth-order valence-corrected chi connectivity index (χ4v) is 3.39. The lowest BCUT2D eigenvalue weighted by Gasteiger charge is -2.23. The Morgan fingerprint density at radius 2 is 1.85 bits per heavy atom. The van der Waals surface area contributed by atoms with Gasteiger partial charge in [0.15, 0.2) is 0 Å². The largest absolute Gasteiger partial charge is 0.505 e. The van der Waals surface area contributed by atoms with Crippen LogP contribution in [0.25, 0.3) is 16.7 Å². The highest BCUT2D eigenvalue weighted by Gasteiger charge is 2.23. The maximum atomic E-state index is 12.3. The first-order valence-electron chi connectivity index (χ1n) is 10.9. The molecule has 0 saturated heterocycles. The molecule has 1 amide bonds. The van der Waals surface area contributed by atoms with E-state index in [1.165, 1.54) is 4.80 Å². The third-order valence-electron chi connectivity index (χ3n) is 5.15. The van der Waals surface area contributed by atoms with E-state index in [0.29, 0.717) is 25.1 Å². The van der Waals surface area contributed by atoms with Crippen LogP contribution in [0.4, 0.5) is 0 Å². The third kappa shape index (κ3) is 6.19. The average molecular weight is 451 g/mol. The summed E-state index contributed by atoms with van der Waals surface area (Å²) in [4.78, 5) is 24.7. The van der Waals surface area contributed by atoms with Crippen molar-refractivity contribution in [2.45, 2.75) is 45.4 Å². The predicted octanol–water partition coefficient (Wildman–Crippen LogP) is 3.59. The highest BCUT2D eigenvalue weighted by molar-refractivity contribution is 5.81. The zero-order valence-electron chi connectivity index (χ0n) is 19.3. The van der Waals surface area contributed by atoms with Gasteiger partial charge in [-0.1, -0.05) is 45.5 Å². The normalized spacial score (nSPS) is 11.4. The number of carbonyl (C=O) groups is 2. The molecule has 8 heteroatoms. The molecule has 0 fully saturated rings. The van der Waals surface area contributed by atoms with E-state index in [1.54, 1.807) is 0 Å². The second-order valence-electron chi connectivity index (χ2n) is 8.81. The van der Waals surface area contributed by atoms with Gasteiger partial charge in [0.2, 0.25) is 5.91 Å². The summed E-state index contributed by atoms with van der Waals surface area (Å²) in [5, 5.41) is 22.8. The molecule has 0 aliphatic rings. The molecule has 174 valence electrons. The first kappa shape index (κ1) is 24.0. The number of carbonyl (C=O) groups excluding carboxylic acids is 2. The van der Waals surface area contributed by atoms with E-state index in [0.717, 1.165) is 28.2 Å². The molecule has 0 bridgehead atoms. The van der Waals surface area contributed by atoms with E-state index in [2.05, 4.69) is 22.1 Å². The van der Waals surface area contributed by atoms with Crippen LogP contribution in [0, 0.1) is 0 Å². The number of benzene rings is 2. The minimum atomic E-state index is -0.473. The Bertz CT molecular complexity index is 1130. The van der Waals surface area contributed by atoms with Crippen LogP contribution in [0.5, 0.6) is 5.75 Å². The topological polar surface area (TPSA) is 106 Å². The fraction of sp³-hybridized carbons (Fsp3) is 0.360. The second kappa shape index (κ2) is 10.3. The molecule has 0 atom stereocenters. The lowest BCUT2D eigenvalue weighted by Crippen LogP contribution is -2.25. The summed E-state index contributed by atoms with van der Waals surface area (Å²) >= 11 is 0. The Kier molecular flexibility index (Phi) is 7.48. The minimum Gasteiger partial charge on any atom is -0.505 e. The van der Waals surface area contributed by atoms with Gasteiger partial charge < -0.3 is 15.2 Å². The summed E-state index contributed by atoms with van der Waals surface area (Å²) in [6.45, 7) is 10.0. The van der Waals surface area contributed by atoms with Crippen molar-refractivity contribution in [1.29, 1.82) is 0 Å². The summed E-state index contributed by atoms with van der Waals surface area (Å²) in [5.74, 6) is -0.441. The number of aromatic hydroxyl groups is 1. The molecule has 1 aromatic heterocycles. The number of nitrogens with zero attached hydrogens (tertiary/aromatic N) is 3. The SMILES string of the molecule is C=CC(=O)OCCCNC(=O)CCc1cc(-n2nc3ccccc3n2)c(O)c(C(C)(C)C)c1. The first-order chi connectivity index (χ1) is 15.7. The van der Waals surface area contributed by atoms with Crippen molar-refractivity contribution in [2.24, 2.45) is 0 Å². The van der Waals surface area contributed by atoms with Gasteiger partial charge in [-0.2, -0.15) is 0 Å². The van der Waals surface area contributed by atoms with E-state index in [4.69, 9.17) is 4.74 Å². The number of phenols is 1. The average Bonchev–Trinajstić information content (AvgIpc) is 3.21. The predicted molar refractivity (Wildman–Crippen MR) is 126 cm³/mol. The summed E-state index contributed by atoms with van der Waals surface area (Å²) in [7, 11) is 0. The molecule has 2 N–H and O–H groups in total. The monoisotopic (exact) mass is 450 g/mol. The van der Waals surface area contributed by atoms with Crippen LogP contribution in [0.2, 0.25) is 0 Å². The van der Waals surface area contributed by atoms with Gasteiger partial charge >= 0.3 is 5.97 Å². The Hall–Kier alpha value is -3.68. The molecule has 0 spiro atoms. The Labute approximate surface area is 193 Å². The zero-order chi connectivity index (χ0) is 24.0. The van der Waals surface area contributed by atoms with Crippen LogP contribution in [0.3, 0.4) is 0 Å². The van der Waals surface area contributed by atoms with Gasteiger partial charge in [0.25, 0.3) is 0 Å². The first-order valence-corrected chi connectivity index (χ1v) is 10.9. The molecule has 0 aliphatic heterocycles. The molecule has 0 radical (unpaired) electrons. The summed E-state index contributed by atoms with van der Waals surface area (Å²) < 4.78 is 4.89. The van der Waals surface area contributed by atoms with Crippen LogP contribution in [-0.4, -0.2) is 45.1 Å². The molecule has 0 unspecified atom stereocenters. The number of fused-ring (bicyclic) bond motifs is 1. The minimum absolute atomic E-state index is 0.0973. The molecular weight excluding hydrogens is 420 g/mol. The van der Waals surface area contributed by atoms with E-state index < -0.39 is 5.97 Å². The number of aromatic nitrogens is 3. The van der Waals surface area contributed by atoms with Gasteiger partial charge in [0.05, 0.1) is 6.61 Å². The fourth-order valence-electron chi connectivity index (χ4n) is 3.39. The highest BCUT2D eigenvalue weighted by Crippen LogP contribution is 2.36. The van der Waals surface area contributed by atoms with Crippen molar-refractivity contribution < 1.29 is 19.4 Å². The molecule has 2 aromatic carbocycles. The molecule has 0 saturated carbocycles. The molecule has 8 nitrogen and oxygen atoms in total. The van der Waals surface area contributed by atoms with E-state index >= 15 is 0 Å². The molecule has 0 aliphatic carbocycles. The summed E-state index contributed by atoms with van der Waals surface area (Å²) in [5.41, 5.74) is 3.31. The number of hydrogen-bond donors (Lipinski definition) is 2. The van der Waals surface area contributed by atoms with Crippen LogP contribution in [-0.2, 0) is 26.2 Å². The molecule has 3 aromatic rings. The van der Waals surface area contributed by atoms with E-state index in [9.17, 15) is 14.7 Å². The number of esters is 1. The van der Waals surface area contributed by atoms with Crippen molar-refractivity contribution in [3.05, 3.63) is 60.2 Å². The third-order valence-corrected chi connectivity index (χ3v) is 5.15. The lowest BCUT2D eigenvalue weighted by molar-refractivity contribution is -0.137. The smallest absolute Gasteiger partial charge is 0.330 e. The number of phenolic OH excluding ortho intramolecular Hbond substituents is 1. The van der Waals surface area contributed by atoms with E-state index in [-0.39, 0.29) is 30.1 Å². The number of aryl methyl sites for hydroxylation is 1. The number of rotatable bonds is 9. The van der Waals surface area contributed by atoms with Crippen LogP contribution < -0.4 is 5.32 Å². The maximum absolute atomic E-state index is 12.3. The van der Waals surface area contributed by atoms with Gasteiger partial charge in [0.1, 0.15) is 22.5 Å². The molecule has 33 heavy (non-hydrogen) atoms. The van der Waals surface area contributed by atoms with Gasteiger partial charge in [-0.3, -0.25) is 4.79 Å². The number of hydrogen-bond acceptors (Lipinski definition) is 6. The Morgan fingerprint density at radius 1 is 1.18 bits per heavy atom.